The summed E-state index contributed by atoms with van der Waals surface area (Å²) in [5.74, 6) is 2.91. The van der Waals surface area contributed by atoms with Crippen LogP contribution in [0.2, 0.25) is 0 Å². The number of halogens is 1. The van der Waals surface area contributed by atoms with Crippen LogP contribution in [0.1, 0.15) is 19.8 Å². The van der Waals surface area contributed by atoms with Gasteiger partial charge < -0.3 is 15.4 Å². The van der Waals surface area contributed by atoms with E-state index in [4.69, 9.17) is 4.74 Å². The molecule has 0 radical (unpaired) electrons. The second-order valence-corrected chi connectivity index (χ2v) is 5.77. The van der Waals surface area contributed by atoms with E-state index in [1.165, 1.54) is 0 Å². The normalized spacial score (nSPS) is 22.7. The van der Waals surface area contributed by atoms with Crippen molar-refractivity contribution in [3.8, 4) is 0 Å². The number of thioether (sulfide) groups is 1. The van der Waals surface area contributed by atoms with Crippen molar-refractivity contribution in [1.82, 2.24) is 10.6 Å². The standard InChI is InChI=1S/C13H25N3OS.HI/c1-4-9-18-10-7-15-12(14-3)16-11-13(2)6-5-8-17-13;/h4H,1,5-11H2,2-3H3,(H2,14,15,16);1H. The van der Waals surface area contributed by atoms with Gasteiger partial charge in [-0.2, -0.15) is 11.8 Å². The predicted octanol–water partition coefficient (Wildman–Crippen LogP) is 2.26. The van der Waals surface area contributed by atoms with Crippen LogP contribution < -0.4 is 10.6 Å². The molecule has 1 fully saturated rings. The lowest BCUT2D eigenvalue weighted by atomic mass is 10.0. The topological polar surface area (TPSA) is 45.7 Å². The van der Waals surface area contributed by atoms with E-state index in [-0.39, 0.29) is 29.6 Å². The molecule has 1 aliphatic rings. The zero-order chi connectivity index (χ0) is 13.3. The fourth-order valence-corrected chi connectivity index (χ4v) is 2.46. The smallest absolute Gasteiger partial charge is 0.191 e. The summed E-state index contributed by atoms with van der Waals surface area (Å²) < 4.78 is 5.73. The molecule has 0 aliphatic carbocycles. The molecule has 1 heterocycles. The fourth-order valence-electron chi connectivity index (χ4n) is 1.88. The summed E-state index contributed by atoms with van der Waals surface area (Å²) in [7, 11) is 1.80. The molecule has 4 nitrogen and oxygen atoms in total. The van der Waals surface area contributed by atoms with Crippen molar-refractivity contribution in [2.24, 2.45) is 4.99 Å². The number of hydrogen-bond acceptors (Lipinski definition) is 3. The molecule has 1 saturated heterocycles. The second kappa shape index (κ2) is 10.8. The van der Waals surface area contributed by atoms with Crippen LogP contribution in [0.15, 0.2) is 17.6 Å². The first-order valence-corrected chi connectivity index (χ1v) is 7.63. The lowest BCUT2D eigenvalue weighted by molar-refractivity contribution is 0.0243. The van der Waals surface area contributed by atoms with Crippen molar-refractivity contribution in [1.29, 1.82) is 0 Å². The summed E-state index contributed by atoms with van der Waals surface area (Å²) in [6, 6.07) is 0. The summed E-state index contributed by atoms with van der Waals surface area (Å²) in [6.45, 7) is 8.45. The number of rotatable bonds is 7. The Morgan fingerprint density at radius 1 is 1.53 bits per heavy atom. The minimum atomic E-state index is -0.0325. The molecule has 1 aliphatic heterocycles. The highest BCUT2D eigenvalue weighted by Crippen LogP contribution is 2.23. The third kappa shape index (κ3) is 8.04. The number of guanidine groups is 1. The van der Waals surface area contributed by atoms with Crippen LogP contribution in [-0.2, 0) is 4.74 Å². The number of nitrogens with zero attached hydrogens (tertiary/aromatic N) is 1. The average molecular weight is 399 g/mol. The molecule has 19 heavy (non-hydrogen) atoms. The Balaban J connectivity index is 0.00000324. The summed E-state index contributed by atoms with van der Waals surface area (Å²) in [6.07, 6.45) is 4.20. The second-order valence-electron chi connectivity index (χ2n) is 4.62. The average Bonchev–Trinajstić information content (AvgIpc) is 2.80. The SMILES string of the molecule is C=CCSCCNC(=NC)NCC1(C)CCCO1.I. The minimum Gasteiger partial charge on any atom is -0.373 e. The maximum atomic E-state index is 5.73. The molecule has 1 rings (SSSR count). The van der Waals surface area contributed by atoms with E-state index >= 15 is 0 Å². The minimum absolute atomic E-state index is 0. The van der Waals surface area contributed by atoms with Crippen LogP contribution in [0.4, 0.5) is 0 Å². The molecule has 0 bridgehead atoms. The highest BCUT2D eigenvalue weighted by atomic mass is 127. The van der Waals surface area contributed by atoms with Gasteiger partial charge in [0.1, 0.15) is 0 Å². The van der Waals surface area contributed by atoms with Gasteiger partial charge in [0, 0.05) is 38.2 Å². The fraction of sp³-hybridized carbons (Fsp3) is 0.769. The van der Waals surface area contributed by atoms with Gasteiger partial charge in [0.15, 0.2) is 5.96 Å². The molecule has 0 aromatic rings. The Morgan fingerprint density at radius 3 is 2.89 bits per heavy atom. The molecular formula is C13H26IN3OS. The molecule has 2 N–H and O–H groups in total. The van der Waals surface area contributed by atoms with Gasteiger partial charge in [-0.05, 0) is 19.8 Å². The Labute approximate surface area is 138 Å². The first-order chi connectivity index (χ1) is 8.70. The molecule has 0 aromatic heterocycles. The third-order valence-corrected chi connectivity index (χ3v) is 3.89. The van der Waals surface area contributed by atoms with E-state index in [1.54, 1.807) is 7.05 Å². The van der Waals surface area contributed by atoms with Crippen LogP contribution in [0.25, 0.3) is 0 Å². The largest absolute Gasteiger partial charge is 0.373 e. The first-order valence-electron chi connectivity index (χ1n) is 6.47. The van der Waals surface area contributed by atoms with E-state index in [1.807, 2.05) is 17.8 Å². The highest BCUT2D eigenvalue weighted by Gasteiger charge is 2.29. The summed E-state index contributed by atoms with van der Waals surface area (Å²) >= 11 is 1.86. The van der Waals surface area contributed by atoms with Gasteiger partial charge in [-0.1, -0.05) is 6.08 Å². The third-order valence-electron chi connectivity index (χ3n) is 2.93. The number of hydrogen-bond donors (Lipinski definition) is 2. The Morgan fingerprint density at radius 2 is 2.32 bits per heavy atom. The van der Waals surface area contributed by atoms with Crippen LogP contribution in [0.3, 0.4) is 0 Å². The molecule has 6 heteroatoms. The summed E-state index contributed by atoms with van der Waals surface area (Å²) in [5.41, 5.74) is -0.0325. The highest BCUT2D eigenvalue weighted by molar-refractivity contribution is 14.0. The van der Waals surface area contributed by atoms with E-state index in [9.17, 15) is 0 Å². The molecule has 1 unspecified atom stereocenters. The van der Waals surface area contributed by atoms with Crippen molar-refractivity contribution in [3.05, 3.63) is 12.7 Å². The van der Waals surface area contributed by atoms with Crippen LogP contribution in [0, 0.1) is 0 Å². The number of ether oxygens (including phenoxy) is 1. The van der Waals surface area contributed by atoms with E-state index < -0.39 is 0 Å². The number of aliphatic imine (C=N–C) groups is 1. The van der Waals surface area contributed by atoms with Gasteiger partial charge in [0.25, 0.3) is 0 Å². The lowest BCUT2D eigenvalue weighted by Crippen LogP contribution is -2.46. The maximum absolute atomic E-state index is 5.73. The van der Waals surface area contributed by atoms with Crippen molar-refractivity contribution >= 4 is 41.7 Å². The van der Waals surface area contributed by atoms with Gasteiger partial charge >= 0.3 is 0 Å². The van der Waals surface area contributed by atoms with Crippen molar-refractivity contribution in [3.63, 3.8) is 0 Å². The maximum Gasteiger partial charge on any atom is 0.191 e. The van der Waals surface area contributed by atoms with Crippen LogP contribution in [0.5, 0.6) is 0 Å². The van der Waals surface area contributed by atoms with Crippen molar-refractivity contribution in [2.45, 2.75) is 25.4 Å². The molecule has 0 saturated carbocycles. The zero-order valence-electron chi connectivity index (χ0n) is 11.9. The first kappa shape index (κ1) is 19.1. The van der Waals surface area contributed by atoms with E-state index in [2.05, 4.69) is 29.1 Å². The Kier molecular flexibility index (Phi) is 10.8. The van der Waals surface area contributed by atoms with Crippen LogP contribution in [-0.4, -0.2) is 49.8 Å². The number of nitrogens with one attached hydrogen (secondary N) is 2. The van der Waals surface area contributed by atoms with E-state index in [0.29, 0.717) is 0 Å². The Hall–Kier alpha value is 0.0500. The van der Waals surface area contributed by atoms with Gasteiger partial charge in [0.05, 0.1) is 5.60 Å². The van der Waals surface area contributed by atoms with Crippen molar-refractivity contribution in [2.75, 3.05) is 38.2 Å². The van der Waals surface area contributed by atoms with Gasteiger partial charge in [0.2, 0.25) is 0 Å². The summed E-state index contributed by atoms with van der Waals surface area (Å²) in [5, 5.41) is 6.62. The quantitative estimate of drug-likeness (QED) is 0.227. The molecule has 0 spiro atoms. The van der Waals surface area contributed by atoms with Gasteiger partial charge in [-0.25, -0.2) is 0 Å². The monoisotopic (exact) mass is 399 g/mol. The van der Waals surface area contributed by atoms with E-state index in [0.717, 1.165) is 50.0 Å². The lowest BCUT2D eigenvalue weighted by Gasteiger charge is -2.24. The van der Waals surface area contributed by atoms with Crippen LogP contribution >= 0.6 is 35.7 Å². The molecular weight excluding hydrogens is 373 g/mol. The predicted molar refractivity (Wildman–Crippen MR) is 95.9 cm³/mol. The molecule has 112 valence electrons. The molecule has 0 amide bonds. The molecule has 0 aromatic carbocycles. The van der Waals surface area contributed by atoms with Crippen molar-refractivity contribution < 1.29 is 4.74 Å². The van der Waals surface area contributed by atoms with Gasteiger partial charge in [-0.3, -0.25) is 4.99 Å². The van der Waals surface area contributed by atoms with Gasteiger partial charge in [-0.15, -0.1) is 30.6 Å². The summed E-state index contributed by atoms with van der Waals surface area (Å²) in [4.78, 5) is 4.21. The molecule has 1 atom stereocenters. The zero-order valence-corrected chi connectivity index (χ0v) is 15.1. The Bertz CT molecular complexity index is 281.